The van der Waals surface area contributed by atoms with Crippen molar-refractivity contribution in [2.75, 3.05) is 5.32 Å². The Morgan fingerprint density at radius 1 is 1.43 bits per heavy atom. The maximum Gasteiger partial charge on any atom is 0.238 e. The highest BCUT2D eigenvalue weighted by atomic mass is 35.5. The fourth-order valence-electron chi connectivity index (χ4n) is 2.20. The quantitative estimate of drug-likeness (QED) is 0.871. The number of carbonyl (C=O) groups excluding carboxylic acids is 2. The minimum absolute atomic E-state index is 0.0752. The SMILES string of the molecule is CCC(CC)NC(=O)CC1Sc2ccc(Cl)cc2NC1=O. The highest BCUT2D eigenvalue weighted by molar-refractivity contribution is 8.01. The lowest BCUT2D eigenvalue weighted by molar-refractivity contribution is -0.124. The zero-order valence-electron chi connectivity index (χ0n) is 12.1. The van der Waals surface area contributed by atoms with Crippen molar-refractivity contribution in [3.8, 4) is 0 Å². The molecule has 0 spiro atoms. The number of carbonyl (C=O) groups is 2. The Balaban J connectivity index is 2.00. The summed E-state index contributed by atoms with van der Waals surface area (Å²) < 4.78 is 0. The van der Waals surface area contributed by atoms with Gasteiger partial charge in [-0.15, -0.1) is 11.8 Å². The first-order chi connectivity index (χ1) is 10.0. The third kappa shape index (κ3) is 4.14. The molecular formula is C15H19ClN2O2S. The van der Waals surface area contributed by atoms with Gasteiger partial charge in [0, 0.05) is 22.4 Å². The number of anilines is 1. The molecule has 4 nitrogen and oxygen atoms in total. The standard InChI is InChI=1S/C15H19ClN2O2S/c1-3-10(4-2)17-14(19)8-13-15(20)18-11-7-9(16)5-6-12(11)21-13/h5-7,10,13H,3-4,8H2,1-2H3,(H,17,19)(H,18,20). The minimum Gasteiger partial charge on any atom is -0.353 e. The second-order valence-corrected chi connectivity index (χ2v) is 6.70. The Morgan fingerprint density at radius 3 is 2.81 bits per heavy atom. The molecule has 0 saturated heterocycles. The molecule has 1 aliphatic heterocycles. The second kappa shape index (κ2) is 7.18. The maximum atomic E-state index is 12.1. The zero-order chi connectivity index (χ0) is 15.4. The molecule has 0 saturated carbocycles. The molecule has 2 amide bonds. The largest absolute Gasteiger partial charge is 0.353 e. The Kier molecular flexibility index (Phi) is 5.53. The van der Waals surface area contributed by atoms with Crippen LogP contribution in [-0.2, 0) is 9.59 Å². The fraction of sp³-hybridized carbons (Fsp3) is 0.467. The molecule has 2 N–H and O–H groups in total. The average molecular weight is 327 g/mol. The van der Waals surface area contributed by atoms with Crippen molar-refractivity contribution >= 4 is 40.9 Å². The molecule has 0 radical (unpaired) electrons. The first-order valence-electron chi connectivity index (χ1n) is 7.09. The highest BCUT2D eigenvalue weighted by Gasteiger charge is 2.29. The van der Waals surface area contributed by atoms with Gasteiger partial charge in [0.2, 0.25) is 11.8 Å². The average Bonchev–Trinajstić information content (AvgIpc) is 2.45. The second-order valence-electron chi connectivity index (χ2n) is 5.02. The molecule has 1 aliphatic rings. The van der Waals surface area contributed by atoms with Gasteiger partial charge in [0.25, 0.3) is 0 Å². The molecular weight excluding hydrogens is 308 g/mol. The molecule has 2 rings (SSSR count). The summed E-state index contributed by atoms with van der Waals surface area (Å²) in [6, 6.07) is 5.56. The van der Waals surface area contributed by atoms with Crippen molar-refractivity contribution < 1.29 is 9.59 Å². The Bertz CT molecular complexity index is 546. The van der Waals surface area contributed by atoms with E-state index in [1.807, 2.05) is 19.9 Å². The predicted octanol–water partition coefficient (Wildman–Crippen LogP) is 3.45. The normalized spacial score (nSPS) is 17.3. The van der Waals surface area contributed by atoms with Crippen LogP contribution in [-0.4, -0.2) is 23.1 Å². The Hall–Kier alpha value is -1.20. The van der Waals surface area contributed by atoms with Crippen LogP contribution in [0.25, 0.3) is 0 Å². The number of nitrogens with one attached hydrogen (secondary N) is 2. The van der Waals surface area contributed by atoms with E-state index in [4.69, 9.17) is 11.6 Å². The lowest BCUT2D eigenvalue weighted by Gasteiger charge is -2.24. The van der Waals surface area contributed by atoms with Gasteiger partial charge in [0.05, 0.1) is 10.9 Å². The van der Waals surface area contributed by atoms with Crippen LogP contribution in [0.1, 0.15) is 33.1 Å². The van der Waals surface area contributed by atoms with Crippen molar-refractivity contribution in [1.29, 1.82) is 0 Å². The summed E-state index contributed by atoms with van der Waals surface area (Å²) in [6.07, 6.45) is 1.98. The Morgan fingerprint density at radius 2 is 2.14 bits per heavy atom. The summed E-state index contributed by atoms with van der Waals surface area (Å²) in [5, 5.41) is 5.96. The van der Waals surface area contributed by atoms with Crippen LogP contribution in [0.5, 0.6) is 0 Å². The molecule has 1 aromatic rings. The third-order valence-corrected chi connectivity index (χ3v) is 4.99. The molecule has 0 bridgehead atoms. The van der Waals surface area contributed by atoms with Crippen LogP contribution < -0.4 is 10.6 Å². The van der Waals surface area contributed by atoms with Crippen LogP contribution in [0, 0.1) is 0 Å². The van der Waals surface area contributed by atoms with E-state index in [2.05, 4.69) is 10.6 Å². The van der Waals surface area contributed by atoms with Crippen LogP contribution in [0.3, 0.4) is 0 Å². The third-order valence-electron chi connectivity index (χ3n) is 3.48. The molecule has 0 aromatic heterocycles. The number of hydrogen-bond acceptors (Lipinski definition) is 3. The van der Waals surface area contributed by atoms with Gasteiger partial charge in [-0.05, 0) is 31.0 Å². The van der Waals surface area contributed by atoms with Gasteiger partial charge in [-0.1, -0.05) is 25.4 Å². The van der Waals surface area contributed by atoms with E-state index >= 15 is 0 Å². The van der Waals surface area contributed by atoms with Crippen LogP contribution >= 0.6 is 23.4 Å². The zero-order valence-corrected chi connectivity index (χ0v) is 13.7. The molecule has 1 aromatic carbocycles. The van der Waals surface area contributed by atoms with Crippen molar-refractivity contribution in [2.24, 2.45) is 0 Å². The number of benzene rings is 1. The number of hydrogen-bond donors (Lipinski definition) is 2. The minimum atomic E-state index is -0.395. The summed E-state index contributed by atoms with van der Waals surface area (Å²) in [4.78, 5) is 25.0. The van der Waals surface area contributed by atoms with Gasteiger partial charge >= 0.3 is 0 Å². The van der Waals surface area contributed by atoms with Crippen molar-refractivity contribution in [3.63, 3.8) is 0 Å². The molecule has 1 heterocycles. The van der Waals surface area contributed by atoms with Crippen molar-refractivity contribution in [3.05, 3.63) is 23.2 Å². The van der Waals surface area contributed by atoms with Crippen LogP contribution in [0.2, 0.25) is 5.02 Å². The lowest BCUT2D eigenvalue weighted by Crippen LogP contribution is -2.38. The van der Waals surface area contributed by atoms with Gasteiger partial charge in [-0.2, -0.15) is 0 Å². The van der Waals surface area contributed by atoms with Gasteiger partial charge in [-0.3, -0.25) is 9.59 Å². The first kappa shape index (κ1) is 16.2. The van der Waals surface area contributed by atoms with E-state index in [-0.39, 0.29) is 24.3 Å². The summed E-state index contributed by atoms with van der Waals surface area (Å²) in [7, 11) is 0. The van der Waals surface area contributed by atoms with E-state index < -0.39 is 5.25 Å². The van der Waals surface area contributed by atoms with E-state index in [0.717, 1.165) is 17.7 Å². The molecule has 6 heteroatoms. The van der Waals surface area contributed by atoms with Crippen LogP contribution in [0.15, 0.2) is 23.1 Å². The molecule has 0 aliphatic carbocycles. The number of fused-ring (bicyclic) bond motifs is 1. The number of rotatable bonds is 5. The van der Waals surface area contributed by atoms with E-state index in [9.17, 15) is 9.59 Å². The van der Waals surface area contributed by atoms with Gasteiger partial charge in [0.15, 0.2) is 0 Å². The van der Waals surface area contributed by atoms with Crippen LogP contribution in [0.4, 0.5) is 5.69 Å². The number of amides is 2. The van der Waals surface area contributed by atoms with Gasteiger partial charge in [0.1, 0.15) is 0 Å². The first-order valence-corrected chi connectivity index (χ1v) is 8.35. The molecule has 114 valence electrons. The Labute approximate surface area is 134 Å². The highest BCUT2D eigenvalue weighted by Crippen LogP contribution is 2.38. The van der Waals surface area contributed by atoms with Gasteiger partial charge < -0.3 is 10.6 Å². The summed E-state index contributed by atoms with van der Waals surface area (Å²) in [5.74, 6) is -0.219. The maximum absolute atomic E-state index is 12.1. The number of thioether (sulfide) groups is 1. The van der Waals surface area contributed by atoms with E-state index in [1.165, 1.54) is 11.8 Å². The lowest BCUT2D eigenvalue weighted by atomic mass is 10.1. The van der Waals surface area contributed by atoms with Crippen molar-refractivity contribution in [1.82, 2.24) is 5.32 Å². The topological polar surface area (TPSA) is 58.2 Å². The van der Waals surface area contributed by atoms with E-state index in [0.29, 0.717) is 10.7 Å². The molecule has 21 heavy (non-hydrogen) atoms. The number of halogens is 1. The smallest absolute Gasteiger partial charge is 0.238 e. The molecule has 1 atom stereocenters. The summed E-state index contributed by atoms with van der Waals surface area (Å²) in [6.45, 7) is 4.08. The summed E-state index contributed by atoms with van der Waals surface area (Å²) >= 11 is 7.32. The van der Waals surface area contributed by atoms with E-state index in [1.54, 1.807) is 12.1 Å². The van der Waals surface area contributed by atoms with Crippen molar-refractivity contribution in [2.45, 2.75) is 49.3 Å². The summed E-state index contributed by atoms with van der Waals surface area (Å²) in [5.41, 5.74) is 0.717. The molecule has 0 fully saturated rings. The predicted molar refractivity (Wildman–Crippen MR) is 86.9 cm³/mol. The van der Waals surface area contributed by atoms with Gasteiger partial charge in [-0.25, -0.2) is 0 Å². The monoisotopic (exact) mass is 326 g/mol. The molecule has 1 unspecified atom stereocenters. The fourth-order valence-corrected chi connectivity index (χ4v) is 3.47.